The van der Waals surface area contributed by atoms with E-state index in [1.165, 1.54) is 0 Å². The first-order chi connectivity index (χ1) is 9.97. The van der Waals surface area contributed by atoms with Crippen molar-refractivity contribution in [2.75, 3.05) is 45.2 Å². The number of nitrogens with one attached hydrogen (secondary N) is 1. The molecule has 0 saturated carbocycles. The Bertz CT molecular complexity index is 457. The summed E-state index contributed by atoms with van der Waals surface area (Å²) in [5.41, 5.74) is 1.25. The molecule has 118 valence electrons. The lowest BCUT2D eigenvalue weighted by atomic mass is 10.3. The minimum absolute atomic E-state index is 0.132. The fourth-order valence-corrected chi connectivity index (χ4v) is 2.00. The molecule has 6 heteroatoms. The zero-order chi connectivity index (χ0) is 15.8. The summed E-state index contributed by atoms with van der Waals surface area (Å²) in [7, 11) is 4.04. The van der Waals surface area contributed by atoms with E-state index in [2.05, 4.69) is 34.0 Å². The second kappa shape index (κ2) is 8.56. The van der Waals surface area contributed by atoms with Gasteiger partial charge in [-0.3, -0.25) is 4.79 Å². The third-order valence-corrected chi connectivity index (χ3v) is 3.19. The van der Waals surface area contributed by atoms with Crippen LogP contribution in [0.1, 0.15) is 36.5 Å². The van der Waals surface area contributed by atoms with Crippen molar-refractivity contribution < 1.29 is 4.79 Å². The van der Waals surface area contributed by atoms with Gasteiger partial charge in [-0.25, -0.2) is 9.97 Å². The highest BCUT2D eigenvalue weighted by Crippen LogP contribution is 2.10. The summed E-state index contributed by atoms with van der Waals surface area (Å²) >= 11 is 0. The van der Waals surface area contributed by atoms with Gasteiger partial charge in [0.05, 0.1) is 0 Å². The number of rotatable bonds is 8. The molecule has 0 aliphatic rings. The van der Waals surface area contributed by atoms with Gasteiger partial charge < -0.3 is 15.1 Å². The van der Waals surface area contributed by atoms with Gasteiger partial charge in [0.1, 0.15) is 5.69 Å². The number of carbonyl (C=O) groups is 1. The summed E-state index contributed by atoms with van der Waals surface area (Å²) in [6.07, 6.45) is 0.922. The molecular weight excluding hydrogens is 266 g/mol. The Labute approximate surface area is 127 Å². The molecular formula is C15H27N5O. The normalized spacial score (nSPS) is 10.8. The number of carbonyl (C=O) groups excluding carboxylic acids is 1. The van der Waals surface area contributed by atoms with E-state index >= 15 is 0 Å². The molecule has 0 atom stereocenters. The van der Waals surface area contributed by atoms with E-state index < -0.39 is 0 Å². The fraction of sp³-hybridized carbons (Fsp3) is 0.667. The van der Waals surface area contributed by atoms with Crippen LogP contribution in [-0.4, -0.2) is 61.0 Å². The maximum Gasteiger partial charge on any atom is 0.270 e. The lowest BCUT2D eigenvalue weighted by Crippen LogP contribution is -2.30. The Kier molecular flexibility index (Phi) is 7.08. The van der Waals surface area contributed by atoms with Crippen LogP contribution in [0, 0.1) is 6.92 Å². The van der Waals surface area contributed by atoms with Crippen molar-refractivity contribution >= 4 is 11.9 Å². The number of nitrogens with zero attached hydrogens (tertiary/aromatic N) is 4. The highest BCUT2D eigenvalue weighted by atomic mass is 16.1. The standard InChI is InChI=1S/C15H27N5O/c1-6-20(7-2)15-17-12(3)11-13(18-15)14(21)16-9-8-10-19(4)5/h11H,6-10H2,1-5H3,(H,16,21). The Morgan fingerprint density at radius 1 is 1.24 bits per heavy atom. The van der Waals surface area contributed by atoms with Crippen LogP contribution < -0.4 is 10.2 Å². The third kappa shape index (κ3) is 5.67. The van der Waals surface area contributed by atoms with Crippen molar-refractivity contribution in [2.24, 2.45) is 0 Å². The molecule has 0 aliphatic heterocycles. The summed E-state index contributed by atoms with van der Waals surface area (Å²) in [5, 5.41) is 2.91. The first-order valence-electron chi connectivity index (χ1n) is 7.51. The van der Waals surface area contributed by atoms with Crippen LogP contribution in [-0.2, 0) is 0 Å². The van der Waals surface area contributed by atoms with Crippen LogP contribution in [0.15, 0.2) is 6.07 Å². The molecule has 1 amide bonds. The van der Waals surface area contributed by atoms with Crippen LogP contribution in [0.3, 0.4) is 0 Å². The van der Waals surface area contributed by atoms with Crippen LogP contribution in [0.2, 0.25) is 0 Å². The molecule has 0 unspecified atom stereocenters. The Morgan fingerprint density at radius 3 is 2.48 bits per heavy atom. The van der Waals surface area contributed by atoms with Crippen LogP contribution >= 0.6 is 0 Å². The summed E-state index contributed by atoms with van der Waals surface area (Å²) in [6, 6.07) is 1.73. The zero-order valence-corrected chi connectivity index (χ0v) is 13.8. The number of amides is 1. The highest BCUT2D eigenvalue weighted by molar-refractivity contribution is 5.92. The molecule has 0 aromatic carbocycles. The fourth-order valence-electron chi connectivity index (χ4n) is 2.00. The maximum absolute atomic E-state index is 12.2. The predicted octanol–water partition coefficient (Wildman–Crippen LogP) is 1.31. The summed E-state index contributed by atoms with van der Waals surface area (Å²) in [6.45, 7) is 9.24. The smallest absolute Gasteiger partial charge is 0.270 e. The largest absolute Gasteiger partial charge is 0.351 e. The molecule has 1 aromatic rings. The minimum atomic E-state index is -0.132. The van der Waals surface area contributed by atoms with Crippen LogP contribution in [0.25, 0.3) is 0 Å². The van der Waals surface area contributed by atoms with E-state index in [1.807, 2.05) is 25.9 Å². The zero-order valence-electron chi connectivity index (χ0n) is 13.8. The molecule has 1 N–H and O–H groups in total. The number of aryl methyl sites for hydroxylation is 1. The second-order valence-corrected chi connectivity index (χ2v) is 5.28. The average molecular weight is 293 g/mol. The lowest BCUT2D eigenvalue weighted by molar-refractivity contribution is 0.0947. The van der Waals surface area contributed by atoms with E-state index in [0.29, 0.717) is 18.2 Å². The van der Waals surface area contributed by atoms with E-state index in [9.17, 15) is 4.79 Å². The van der Waals surface area contributed by atoms with E-state index in [1.54, 1.807) is 6.07 Å². The quantitative estimate of drug-likeness (QED) is 0.732. The molecule has 0 bridgehead atoms. The molecule has 0 aliphatic carbocycles. The predicted molar refractivity (Wildman–Crippen MR) is 85.8 cm³/mol. The van der Waals surface area contributed by atoms with Crippen molar-refractivity contribution in [3.8, 4) is 0 Å². The molecule has 0 saturated heterocycles. The van der Waals surface area contributed by atoms with Crippen molar-refractivity contribution in [2.45, 2.75) is 27.2 Å². The Morgan fingerprint density at radius 2 is 1.90 bits per heavy atom. The molecule has 1 aromatic heterocycles. The van der Waals surface area contributed by atoms with E-state index in [0.717, 1.165) is 31.7 Å². The number of aromatic nitrogens is 2. The number of hydrogen-bond donors (Lipinski definition) is 1. The average Bonchev–Trinajstić information content (AvgIpc) is 2.44. The molecule has 0 fully saturated rings. The molecule has 0 radical (unpaired) electrons. The van der Waals surface area contributed by atoms with Crippen LogP contribution in [0.5, 0.6) is 0 Å². The third-order valence-electron chi connectivity index (χ3n) is 3.19. The van der Waals surface area contributed by atoms with Gasteiger partial charge in [0.15, 0.2) is 0 Å². The highest BCUT2D eigenvalue weighted by Gasteiger charge is 2.13. The minimum Gasteiger partial charge on any atom is -0.351 e. The molecule has 1 rings (SSSR count). The van der Waals surface area contributed by atoms with Crippen molar-refractivity contribution in [1.29, 1.82) is 0 Å². The molecule has 1 heterocycles. The van der Waals surface area contributed by atoms with Gasteiger partial charge in [-0.2, -0.15) is 0 Å². The van der Waals surface area contributed by atoms with Gasteiger partial charge in [0.25, 0.3) is 5.91 Å². The number of hydrogen-bond acceptors (Lipinski definition) is 5. The molecule has 21 heavy (non-hydrogen) atoms. The van der Waals surface area contributed by atoms with Crippen LogP contribution in [0.4, 0.5) is 5.95 Å². The first kappa shape index (κ1) is 17.4. The van der Waals surface area contributed by atoms with Crippen molar-refractivity contribution in [3.63, 3.8) is 0 Å². The van der Waals surface area contributed by atoms with Crippen molar-refractivity contribution in [3.05, 3.63) is 17.5 Å². The van der Waals surface area contributed by atoms with Gasteiger partial charge in [0, 0.05) is 25.3 Å². The van der Waals surface area contributed by atoms with Gasteiger partial charge in [-0.05, 0) is 53.9 Å². The van der Waals surface area contributed by atoms with E-state index in [-0.39, 0.29) is 5.91 Å². The lowest BCUT2D eigenvalue weighted by Gasteiger charge is -2.19. The van der Waals surface area contributed by atoms with Gasteiger partial charge in [-0.15, -0.1) is 0 Å². The summed E-state index contributed by atoms with van der Waals surface area (Å²) < 4.78 is 0. The number of anilines is 1. The monoisotopic (exact) mass is 293 g/mol. The summed E-state index contributed by atoms with van der Waals surface area (Å²) in [4.78, 5) is 25.1. The van der Waals surface area contributed by atoms with E-state index in [4.69, 9.17) is 0 Å². The molecule has 6 nitrogen and oxygen atoms in total. The SMILES string of the molecule is CCN(CC)c1nc(C)cc(C(=O)NCCCN(C)C)n1. The van der Waals surface area contributed by atoms with Gasteiger partial charge in [0.2, 0.25) is 5.95 Å². The Balaban J connectivity index is 2.71. The topological polar surface area (TPSA) is 61.4 Å². The Hall–Kier alpha value is -1.69. The molecule has 0 spiro atoms. The maximum atomic E-state index is 12.2. The first-order valence-corrected chi connectivity index (χ1v) is 7.51. The second-order valence-electron chi connectivity index (χ2n) is 5.28. The van der Waals surface area contributed by atoms with Crippen molar-refractivity contribution in [1.82, 2.24) is 20.2 Å². The van der Waals surface area contributed by atoms with Gasteiger partial charge in [-0.1, -0.05) is 0 Å². The van der Waals surface area contributed by atoms with Gasteiger partial charge >= 0.3 is 0 Å². The summed E-state index contributed by atoms with van der Waals surface area (Å²) in [5.74, 6) is 0.492.